The van der Waals surface area contributed by atoms with Crippen molar-refractivity contribution in [2.24, 2.45) is 22.7 Å². The summed E-state index contributed by atoms with van der Waals surface area (Å²) in [4.78, 5) is 23.3. The van der Waals surface area contributed by atoms with Gasteiger partial charge in [-0.25, -0.2) is 0 Å². The van der Waals surface area contributed by atoms with Crippen molar-refractivity contribution in [3.63, 3.8) is 0 Å². The van der Waals surface area contributed by atoms with Crippen LogP contribution in [0.15, 0.2) is 35.5 Å². The molecule has 2 unspecified atom stereocenters. The Bertz CT molecular complexity index is 962. The van der Waals surface area contributed by atoms with Crippen molar-refractivity contribution < 1.29 is 24.2 Å². The van der Waals surface area contributed by atoms with E-state index >= 15 is 0 Å². The van der Waals surface area contributed by atoms with E-state index in [1.165, 1.54) is 58.8 Å². The third-order valence-corrected chi connectivity index (χ3v) is 9.92. The van der Waals surface area contributed by atoms with Gasteiger partial charge in [0, 0.05) is 26.7 Å². The number of allylic oxidation sites excluding steroid dienone is 3. The van der Waals surface area contributed by atoms with Crippen LogP contribution in [0.3, 0.4) is 0 Å². The average Bonchev–Trinajstić information content (AvgIpc) is 3.45. The van der Waals surface area contributed by atoms with Crippen molar-refractivity contribution in [2.75, 3.05) is 0 Å². The zero-order chi connectivity index (χ0) is 27.0. The first-order valence-corrected chi connectivity index (χ1v) is 14.5. The van der Waals surface area contributed by atoms with Crippen LogP contribution >= 0.6 is 0 Å². The second-order valence-corrected chi connectivity index (χ2v) is 13.3. The minimum atomic E-state index is -0.571. The molecule has 4 aliphatic carbocycles. The first-order valence-electron chi connectivity index (χ1n) is 14.5. The summed E-state index contributed by atoms with van der Waals surface area (Å²) < 4.78 is 11.0. The summed E-state index contributed by atoms with van der Waals surface area (Å²) in [5.41, 5.74) is 3.64. The molecule has 4 fully saturated rings. The van der Waals surface area contributed by atoms with Crippen LogP contribution in [0, 0.1) is 22.7 Å². The van der Waals surface area contributed by atoms with Gasteiger partial charge < -0.3 is 14.6 Å². The predicted molar refractivity (Wildman–Crippen MR) is 146 cm³/mol. The molecule has 0 saturated heterocycles. The molecule has 0 bridgehead atoms. The highest BCUT2D eigenvalue weighted by atomic mass is 16.6. The fraction of sp³-hybridized carbons (Fsp3) is 0.750. The van der Waals surface area contributed by atoms with E-state index in [-0.39, 0.29) is 18.0 Å². The van der Waals surface area contributed by atoms with Crippen molar-refractivity contribution in [3.05, 3.63) is 35.5 Å². The molecule has 0 amide bonds. The maximum atomic E-state index is 11.7. The summed E-state index contributed by atoms with van der Waals surface area (Å²) in [5.74, 6) is 0.729. The van der Waals surface area contributed by atoms with Gasteiger partial charge >= 0.3 is 11.9 Å². The summed E-state index contributed by atoms with van der Waals surface area (Å²) in [6.45, 7) is 13.5. The Balaban J connectivity index is 1.51. The number of hydrogen-bond acceptors (Lipinski definition) is 5. The number of carbonyl (C=O) groups excluding carboxylic acids is 2. The first kappa shape index (κ1) is 28.1. The van der Waals surface area contributed by atoms with Crippen molar-refractivity contribution in [3.8, 4) is 0 Å². The fourth-order valence-electron chi connectivity index (χ4n) is 8.13. The Morgan fingerprint density at radius 2 is 1.81 bits per heavy atom. The van der Waals surface area contributed by atoms with Crippen LogP contribution < -0.4 is 0 Å². The van der Waals surface area contributed by atoms with Gasteiger partial charge in [-0.3, -0.25) is 9.59 Å². The van der Waals surface area contributed by atoms with Gasteiger partial charge in [-0.15, -0.1) is 0 Å². The molecule has 5 heteroatoms. The maximum absolute atomic E-state index is 11.7. The molecule has 5 atom stereocenters. The van der Waals surface area contributed by atoms with Crippen LogP contribution in [0.1, 0.15) is 112 Å². The number of hydrogen-bond donors (Lipinski definition) is 1. The van der Waals surface area contributed by atoms with E-state index in [9.17, 15) is 14.7 Å². The van der Waals surface area contributed by atoms with Gasteiger partial charge in [0.05, 0.1) is 5.60 Å². The quantitative estimate of drug-likeness (QED) is 0.355. The van der Waals surface area contributed by atoms with Crippen molar-refractivity contribution >= 4 is 11.9 Å². The molecule has 37 heavy (non-hydrogen) atoms. The van der Waals surface area contributed by atoms with E-state index in [0.29, 0.717) is 29.6 Å². The van der Waals surface area contributed by atoms with Crippen molar-refractivity contribution in [2.45, 2.75) is 129 Å². The van der Waals surface area contributed by atoms with Gasteiger partial charge in [0.25, 0.3) is 0 Å². The number of aliphatic hydroxyl groups is 1. The Kier molecular flexibility index (Phi) is 8.14. The van der Waals surface area contributed by atoms with Crippen LogP contribution in [0.4, 0.5) is 0 Å². The first-order chi connectivity index (χ1) is 17.3. The van der Waals surface area contributed by atoms with Crippen LogP contribution in [-0.4, -0.2) is 34.9 Å². The Morgan fingerprint density at radius 1 is 1.11 bits per heavy atom. The topological polar surface area (TPSA) is 72.8 Å². The van der Waals surface area contributed by atoms with Crippen LogP contribution in [-0.2, 0) is 19.1 Å². The largest absolute Gasteiger partial charge is 0.462 e. The number of ether oxygens (including phenoxy) is 2. The average molecular weight is 513 g/mol. The smallest absolute Gasteiger partial charge is 0.303 e. The zero-order valence-electron chi connectivity index (χ0n) is 23.7. The van der Waals surface area contributed by atoms with Gasteiger partial charge in [0.1, 0.15) is 12.2 Å². The highest BCUT2D eigenvalue weighted by molar-refractivity contribution is 5.67. The number of rotatable bonds is 8. The van der Waals surface area contributed by atoms with Crippen molar-refractivity contribution in [1.29, 1.82) is 0 Å². The standard InChI is InChI=1S/C32H48O5/c1-21-25(19-26(36-22(2)33)20-28(21)37-23(3)34)11-10-24-9-7-15-31(6)27(24)12-13-29(31)32(17-18-32)16-8-14-30(4,5)35/h10-11,26-29,35H,1,7-9,12-20H2,2-6H3/t26-,27?,28+,29?,31+/m1/s1. The summed E-state index contributed by atoms with van der Waals surface area (Å²) in [5, 5.41) is 10.2. The number of esters is 2. The molecule has 4 rings (SSSR count). The highest BCUT2D eigenvalue weighted by Gasteiger charge is 2.60. The molecule has 0 heterocycles. The third kappa shape index (κ3) is 6.41. The van der Waals surface area contributed by atoms with Gasteiger partial charge in [-0.2, -0.15) is 0 Å². The molecule has 0 spiro atoms. The second-order valence-electron chi connectivity index (χ2n) is 13.3. The van der Waals surface area contributed by atoms with Crippen molar-refractivity contribution in [1.82, 2.24) is 0 Å². The lowest BCUT2D eigenvalue weighted by atomic mass is 9.59. The molecule has 4 saturated carbocycles. The number of fused-ring (bicyclic) bond motifs is 1. The molecule has 1 N–H and O–H groups in total. The van der Waals surface area contributed by atoms with Gasteiger partial charge in [-0.1, -0.05) is 37.6 Å². The third-order valence-electron chi connectivity index (χ3n) is 9.92. The number of carbonyl (C=O) groups is 2. The molecular weight excluding hydrogens is 464 g/mol. The lowest BCUT2D eigenvalue weighted by Gasteiger charge is -2.45. The van der Waals surface area contributed by atoms with E-state index in [2.05, 4.69) is 25.7 Å². The molecular formula is C32H48O5. The Labute approximate surface area is 223 Å². The van der Waals surface area contributed by atoms with Gasteiger partial charge in [0.2, 0.25) is 0 Å². The molecule has 0 aromatic heterocycles. The fourth-order valence-corrected chi connectivity index (χ4v) is 8.13. The lowest BCUT2D eigenvalue weighted by molar-refractivity contribution is -0.152. The predicted octanol–water partition coefficient (Wildman–Crippen LogP) is 6.99. The minimum Gasteiger partial charge on any atom is -0.462 e. The summed E-state index contributed by atoms with van der Waals surface area (Å²) in [6, 6.07) is 0. The maximum Gasteiger partial charge on any atom is 0.303 e. The lowest BCUT2D eigenvalue weighted by Crippen LogP contribution is -2.37. The van der Waals surface area contributed by atoms with E-state index in [0.717, 1.165) is 36.3 Å². The van der Waals surface area contributed by atoms with Gasteiger partial charge in [-0.05, 0) is 105 Å². The van der Waals surface area contributed by atoms with Gasteiger partial charge in [0.15, 0.2) is 0 Å². The Morgan fingerprint density at radius 3 is 2.43 bits per heavy atom. The SMILES string of the molecule is C=C1C(=CC=C2CCC[C@@]3(C)C2CCC3C2(CCCC(C)(C)O)CC2)C[C@@H](OC(C)=O)C[C@@H]1OC(C)=O. The molecule has 0 aromatic carbocycles. The van der Waals surface area contributed by atoms with E-state index in [4.69, 9.17) is 9.47 Å². The van der Waals surface area contributed by atoms with Crippen LogP contribution in [0.5, 0.6) is 0 Å². The summed E-state index contributed by atoms with van der Waals surface area (Å²) >= 11 is 0. The van der Waals surface area contributed by atoms with E-state index < -0.39 is 11.7 Å². The molecule has 5 nitrogen and oxygen atoms in total. The molecule has 4 aliphatic rings. The summed E-state index contributed by atoms with van der Waals surface area (Å²) in [6.07, 6.45) is 17.0. The minimum absolute atomic E-state index is 0.303. The zero-order valence-corrected chi connectivity index (χ0v) is 23.7. The second kappa shape index (κ2) is 10.7. The highest BCUT2D eigenvalue weighted by Crippen LogP contribution is 2.70. The molecule has 0 radical (unpaired) electrons. The molecule has 0 aromatic rings. The monoisotopic (exact) mass is 512 g/mol. The van der Waals surface area contributed by atoms with E-state index in [1.807, 2.05) is 13.8 Å². The van der Waals surface area contributed by atoms with E-state index in [1.54, 1.807) is 5.57 Å². The van der Waals surface area contributed by atoms with Crippen LogP contribution in [0.25, 0.3) is 0 Å². The molecule has 0 aliphatic heterocycles. The summed E-state index contributed by atoms with van der Waals surface area (Å²) in [7, 11) is 0. The normalized spacial score (nSPS) is 35.4. The van der Waals surface area contributed by atoms with Crippen LogP contribution in [0.2, 0.25) is 0 Å². The molecule has 206 valence electrons. The Hall–Kier alpha value is -1.88.